The molecule has 5 nitrogen and oxygen atoms in total. The summed E-state index contributed by atoms with van der Waals surface area (Å²) in [5, 5.41) is 5.63. The van der Waals surface area contributed by atoms with Gasteiger partial charge in [-0.3, -0.25) is 9.59 Å². The molecule has 0 aromatic rings. The molecule has 19 heavy (non-hydrogen) atoms. The van der Waals surface area contributed by atoms with Crippen LogP contribution in [0.1, 0.15) is 41.0 Å². The van der Waals surface area contributed by atoms with Crippen molar-refractivity contribution in [3.8, 4) is 0 Å². The molecule has 112 valence electrons. The van der Waals surface area contributed by atoms with E-state index < -0.39 is 5.41 Å². The molecule has 0 aliphatic heterocycles. The van der Waals surface area contributed by atoms with Crippen molar-refractivity contribution in [1.82, 2.24) is 15.5 Å². The maximum Gasteiger partial charge on any atom is 0.225 e. The molecular weight excluding hydrogens is 242 g/mol. The van der Waals surface area contributed by atoms with E-state index in [0.29, 0.717) is 19.5 Å². The smallest absolute Gasteiger partial charge is 0.225 e. The monoisotopic (exact) mass is 271 g/mol. The van der Waals surface area contributed by atoms with Gasteiger partial charge in [0.2, 0.25) is 11.8 Å². The third kappa shape index (κ3) is 8.59. The van der Waals surface area contributed by atoms with Crippen LogP contribution in [0.4, 0.5) is 0 Å². The molecule has 0 radical (unpaired) electrons. The van der Waals surface area contributed by atoms with Crippen molar-refractivity contribution in [1.29, 1.82) is 0 Å². The van der Waals surface area contributed by atoms with Gasteiger partial charge in [-0.2, -0.15) is 0 Å². The second-order valence-electron chi connectivity index (χ2n) is 5.63. The van der Waals surface area contributed by atoms with E-state index in [9.17, 15) is 9.59 Å². The molecule has 0 unspecified atom stereocenters. The molecule has 0 heterocycles. The molecule has 0 rings (SSSR count). The van der Waals surface area contributed by atoms with Crippen LogP contribution < -0.4 is 10.6 Å². The first-order valence-corrected chi connectivity index (χ1v) is 7.08. The van der Waals surface area contributed by atoms with Gasteiger partial charge in [0.05, 0.1) is 0 Å². The number of likely N-dealkylation sites (N-methyl/N-ethyl adjacent to an activating group) is 1. The molecular formula is C14H29N3O2. The second-order valence-corrected chi connectivity index (χ2v) is 5.63. The number of nitrogens with one attached hydrogen (secondary N) is 2. The Morgan fingerprint density at radius 3 is 2.05 bits per heavy atom. The summed E-state index contributed by atoms with van der Waals surface area (Å²) in [6.07, 6.45) is 0.333. The molecule has 0 aromatic carbocycles. The molecule has 2 amide bonds. The third-order valence-corrected chi connectivity index (χ3v) is 2.96. The lowest BCUT2D eigenvalue weighted by molar-refractivity contribution is -0.128. The van der Waals surface area contributed by atoms with Gasteiger partial charge < -0.3 is 15.5 Å². The van der Waals surface area contributed by atoms with Crippen LogP contribution in [-0.4, -0.2) is 49.4 Å². The minimum absolute atomic E-state index is 0.0126. The molecule has 0 aliphatic rings. The van der Waals surface area contributed by atoms with Crippen LogP contribution in [0.2, 0.25) is 0 Å². The van der Waals surface area contributed by atoms with E-state index in [0.717, 1.165) is 19.6 Å². The number of nitrogens with zero attached hydrogens (tertiary/aromatic N) is 1. The van der Waals surface area contributed by atoms with Gasteiger partial charge in [-0.05, 0) is 13.1 Å². The van der Waals surface area contributed by atoms with Gasteiger partial charge in [-0.15, -0.1) is 0 Å². The third-order valence-electron chi connectivity index (χ3n) is 2.96. The molecule has 0 spiro atoms. The van der Waals surface area contributed by atoms with Gasteiger partial charge in [0, 0.05) is 31.5 Å². The minimum Gasteiger partial charge on any atom is -0.355 e. The number of hydrogen-bond donors (Lipinski definition) is 2. The molecule has 2 N–H and O–H groups in total. The van der Waals surface area contributed by atoms with E-state index in [4.69, 9.17) is 0 Å². The topological polar surface area (TPSA) is 61.4 Å². The lowest BCUT2D eigenvalue weighted by atomic mass is 9.96. The zero-order valence-electron chi connectivity index (χ0n) is 13.0. The van der Waals surface area contributed by atoms with Crippen LogP contribution in [0.15, 0.2) is 0 Å². The average molecular weight is 271 g/mol. The Morgan fingerprint density at radius 1 is 1.00 bits per heavy atom. The van der Waals surface area contributed by atoms with E-state index in [1.54, 1.807) is 0 Å². The fraction of sp³-hybridized carbons (Fsp3) is 0.857. The highest BCUT2D eigenvalue weighted by Gasteiger charge is 2.20. The van der Waals surface area contributed by atoms with E-state index in [2.05, 4.69) is 29.4 Å². The summed E-state index contributed by atoms with van der Waals surface area (Å²) in [6.45, 7) is 13.7. The SMILES string of the molecule is CCN(CC)CCNC(=O)CCNC(=O)C(C)(C)C. The molecule has 0 aromatic heterocycles. The highest BCUT2D eigenvalue weighted by molar-refractivity contribution is 5.82. The summed E-state index contributed by atoms with van der Waals surface area (Å²) < 4.78 is 0. The first-order valence-electron chi connectivity index (χ1n) is 7.08. The van der Waals surface area contributed by atoms with Crippen molar-refractivity contribution in [3.05, 3.63) is 0 Å². The largest absolute Gasteiger partial charge is 0.355 e. The van der Waals surface area contributed by atoms with E-state index in [-0.39, 0.29) is 11.8 Å². The lowest BCUT2D eigenvalue weighted by Gasteiger charge is -2.18. The van der Waals surface area contributed by atoms with Crippen LogP contribution in [0, 0.1) is 5.41 Å². The predicted molar refractivity (Wildman–Crippen MR) is 77.9 cm³/mol. The molecule has 0 aliphatic carbocycles. The Bertz CT molecular complexity index is 281. The van der Waals surface area contributed by atoms with Crippen LogP contribution in [0.25, 0.3) is 0 Å². The van der Waals surface area contributed by atoms with E-state index in [1.807, 2.05) is 20.8 Å². The Morgan fingerprint density at radius 2 is 1.58 bits per heavy atom. The Kier molecular flexibility index (Phi) is 8.39. The maximum atomic E-state index is 11.6. The molecule has 0 fully saturated rings. The molecule has 0 atom stereocenters. The maximum absolute atomic E-state index is 11.6. The van der Waals surface area contributed by atoms with Crippen LogP contribution in [0.3, 0.4) is 0 Å². The van der Waals surface area contributed by atoms with Crippen molar-refractivity contribution >= 4 is 11.8 Å². The van der Waals surface area contributed by atoms with E-state index in [1.165, 1.54) is 0 Å². The number of rotatable bonds is 8. The van der Waals surface area contributed by atoms with Crippen molar-refractivity contribution in [2.75, 3.05) is 32.7 Å². The quantitative estimate of drug-likeness (QED) is 0.692. The Balaban J connectivity index is 3.69. The first-order chi connectivity index (χ1) is 8.81. The normalized spacial score (nSPS) is 11.5. The Labute approximate surface area is 117 Å². The summed E-state index contributed by atoms with van der Waals surface area (Å²) in [5.74, 6) is -0.0372. The van der Waals surface area contributed by atoms with Gasteiger partial charge in [-0.25, -0.2) is 0 Å². The van der Waals surface area contributed by atoms with Gasteiger partial charge >= 0.3 is 0 Å². The van der Waals surface area contributed by atoms with Crippen molar-refractivity contribution < 1.29 is 9.59 Å². The van der Waals surface area contributed by atoms with Crippen LogP contribution in [0.5, 0.6) is 0 Å². The van der Waals surface area contributed by atoms with Gasteiger partial charge in [0.1, 0.15) is 0 Å². The summed E-state index contributed by atoms with van der Waals surface area (Å²) in [4.78, 5) is 25.4. The molecule has 5 heteroatoms. The number of hydrogen-bond acceptors (Lipinski definition) is 3. The summed E-state index contributed by atoms with van der Waals surface area (Å²) in [5.41, 5.74) is -0.404. The minimum atomic E-state index is -0.404. The second kappa shape index (κ2) is 8.91. The highest BCUT2D eigenvalue weighted by atomic mass is 16.2. The highest BCUT2D eigenvalue weighted by Crippen LogP contribution is 2.11. The van der Waals surface area contributed by atoms with Gasteiger partial charge in [0.15, 0.2) is 0 Å². The van der Waals surface area contributed by atoms with Gasteiger partial charge in [0.25, 0.3) is 0 Å². The zero-order chi connectivity index (χ0) is 14.9. The summed E-state index contributed by atoms with van der Waals surface area (Å²) >= 11 is 0. The first kappa shape index (κ1) is 17.9. The van der Waals surface area contributed by atoms with Crippen molar-refractivity contribution in [3.63, 3.8) is 0 Å². The average Bonchev–Trinajstić information content (AvgIpc) is 2.33. The fourth-order valence-corrected chi connectivity index (χ4v) is 1.54. The predicted octanol–water partition coefficient (Wildman–Crippen LogP) is 0.997. The number of carbonyl (C=O) groups is 2. The molecule has 0 bridgehead atoms. The number of amides is 2. The Hall–Kier alpha value is -1.10. The number of carbonyl (C=O) groups excluding carboxylic acids is 2. The van der Waals surface area contributed by atoms with E-state index >= 15 is 0 Å². The van der Waals surface area contributed by atoms with Gasteiger partial charge in [-0.1, -0.05) is 34.6 Å². The molecule has 0 saturated heterocycles. The zero-order valence-corrected chi connectivity index (χ0v) is 13.0. The standard InChI is InChI=1S/C14H29N3O2/c1-6-17(7-2)11-10-15-12(18)8-9-16-13(19)14(3,4)5/h6-11H2,1-5H3,(H,15,18)(H,16,19). The van der Waals surface area contributed by atoms with Crippen molar-refractivity contribution in [2.24, 2.45) is 5.41 Å². The summed E-state index contributed by atoms with van der Waals surface area (Å²) in [6, 6.07) is 0. The van der Waals surface area contributed by atoms with Crippen LogP contribution >= 0.6 is 0 Å². The summed E-state index contributed by atoms with van der Waals surface area (Å²) in [7, 11) is 0. The lowest BCUT2D eigenvalue weighted by Crippen LogP contribution is -2.38. The molecule has 0 saturated carbocycles. The van der Waals surface area contributed by atoms with Crippen LogP contribution in [-0.2, 0) is 9.59 Å². The fourth-order valence-electron chi connectivity index (χ4n) is 1.54. The van der Waals surface area contributed by atoms with Crippen molar-refractivity contribution in [2.45, 2.75) is 41.0 Å².